The topological polar surface area (TPSA) is 128 Å². The van der Waals surface area contributed by atoms with E-state index in [4.69, 9.17) is 10.5 Å². The van der Waals surface area contributed by atoms with Gasteiger partial charge in [0, 0.05) is 19.5 Å². The van der Waals surface area contributed by atoms with Gasteiger partial charge in [-0.1, -0.05) is 75.7 Å². The molecule has 240 valence electrons. The minimum Gasteiger partial charge on any atom is -0.497 e. The van der Waals surface area contributed by atoms with Crippen LogP contribution >= 0.6 is 0 Å². The van der Waals surface area contributed by atoms with Gasteiger partial charge in [-0.05, 0) is 49.9 Å². The van der Waals surface area contributed by atoms with Crippen molar-refractivity contribution in [3.8, 4) is 31.4 Å². The van der Waals surface area contributed by atoms with Gasteiger partial charge < -0.3 is 21.1 Å². The van der Waals surface area contributed by atoms with Crippen LogP contribution in [-0.4, -0.2) is 51.9 Å². The van der Waals surface area contributed by atoms with E-state index in [1.807, 2.05) is 70.2 Å². The molecule has 43 heavy (non-hydrogen) atoms. The first-order valence-electron chi connectivity index (χ1n) is 14.3. The van der Waals surface area contributed by atoms with E-state index >= 15 is 0 Å². The van der Waals surface area contributed by atoms with Crippen LogP contribution in [0.5, 0.6) is 5.75 Å². The third kappa shape index (κ3) is 25.6. The van der Waals surface area contributed by atoms with E-state index in [0.29, 0.717) is 32.5 Å². The van der Waals surface area contributed by atoms with Gasteiger partial charge in [-0.2, -0.15) is 0 Å². The van der Waals surface area contributed by atoms with E-state index in [0.717, 1.165) is 11.3 Å². The third-order valence-electron chi connectivity index (χ3n) is 5.51. The molecule has 9 heteroatoms. The molecule has 0 radical (unpaired) electrons. The number of sulfone groups is 1. The molecule has 2 amide bonds. The molecular weight excluding hydrogens is 562 g/mol. The highest BCUT2D eigenvalue weighted by Crippen LogP contribution is 2.13. The zero-order valence-electron chi connectivity index (χ0n) is 26.8. The van der Waals surface area contributed by atoms with Crippen LogP contribution in [-0.2, 0) is 26.0 Å². The Labute approximate surface area is 261 Å². The van der Waals surface area contributed by atoms with Gasteiger partial charge in [-0.25, -0.2) is 8.42 Å². The molecule has 8 nitrogen and oxygen atoms in total. The fourth-order valence-corrected chi connectivity index (χ4v) is 5.27. The standard InChI is InChI=1S/C21H35N3O5S.C7H8.C2H6.2C2H2/c1-16(2)8-11-30(27,28)15-18(13-20(22)25)21(26)24-10-5-9-23-14-17-6-4-7-19(12-17)29-3;1-7-5-3-2-4-6-7;3*1-2/h4,6-7,12,16,18,23H,5,8-11,13-15H2,1-3H3,(H2,22,25)(H,24,26);2-6H,1H3;1-2H3;2*1-2H. The van der Waals surface area contributed by atoms with E-state index in [-0.39, 0.29) is 23.8 Å². The van der Waals surface area contributed by atoms with Crippen LogP contribution in [0.3, 0.4) is 0 Å². The number of terminal acetylenes is 2. The average molecular weight is 616 g/mol. The number of aryl methyl sites for hydroxylation is 1. The first-order chi connectivity index (χ1) is 20.5. The van der Waals surface area contributed by atoms with Gasteiger partial charge in [0.1, 0.15) is 5.75 Å². The molecule has 0 aliphatic heterocycles. The van der Waals surface area contributed by atoms with Crippen molar-refractivity contribution < 1.29 is 22.7 Å². The number of carbonyl (C=O) groups is 2. The SMILES string of the molecule is C#C.C#C.CC.COc1cccc(CNCCCNC(=O)C(CC(N)=O)CS(=O)(=O)CCC(C)C)c1.Cc1ccccc1. The van der Waals surface area contributed by atoms with Crippen LogP contribution in [0, 0.1) is 44.5 Å². The first kappa shape index (κ1) is 43.7. The molecule has 0 saturated heterocycles. The zero-order valence-corrected chi connectivity index (χ0v) is 27.7. The highest BCUT2D eigenvalue weighted by molar-refractivity contribution is 7.91. The number of ether oxygens (including phenoxy) is 1. The van der Waals surface area contributed by atoms with Crippen molar-refractivity contribution in [1.82, 2.24) is 10.6 Å². The van der Waals surface area contributed by atoms with Gasteiger partial charge in [0.2, 0.25) is 11.8 Å². The molecule has 0 aliphatic rings. The number of primary amides is 1. The summed E-state index contributed by atoms with van der Waals surface area (Å²) >= 11 is 0. The van der Waals surface area contributed by atoms with E-state index < -0.39 is 27.6 Å². The molecule has 0 spiro atoms. The summed E-state index contributed by atoms with van der Waals surface area (Å²) in [5, 5.41) is 6.00. The number of hydrogen-bond acceptors (Lipinski definition) is 6. The minimum absolute atomic E-state index is 0.00139. The van der Waals surface area contributed by atoms with E-state index in [2.05, 4.69) is 55.4 Å². The summed E-state index contributed by atoms with van der Waals surface area (Å²) < 4.78 is 29.7. The smallest absolute Gasteiger partial charge is 0.224 e. The number of benzene rings is 2. The lowest BCUT2D eigenvalue weighted by Gasteiger charge is -2.16. The summed E-state index contributed by atoms with van der Waals surface area (Å²) in [6.07, 6.45) is 16.9. The second-order valence-corrected chi connectivity index (χ2v) is 11.7. The number of rotatable bonds is 15. The van der Waals surface area contributed by atoms with E-state index in [1.54, 1.807) is 7.11 Å². The van der Waals surface area contributed by atoms with E-state index in [1.165, 1.54) is 5.56 Å². The number of hydrogen-bond donors (Lipinski definition) is 3. The van der Waals surface area contributed by atoms with Gasteiger partial charge in [-0.3, -0.25) is 9.59 Å². The molecule has 0 heterocycles. The Hall–Kier alpha value is -3.79. The molecule has 0 saturated carbocycles. The number of carbonyl (C=O) groups excluding carboxylic acids is 2. The van der Waals surface area contributed by atoms with Crippen molar-refractivity contribution in [3.05, 3.63) is 65.7 Å². The molecule has 0 aromatic heterocycles. The molecule has 0 bridgehead atoms. The summed E-state index contributed by atoms with van der Waals surface area (Å²) in [5.74, 6) is -1.41. The Balaban J connectivity index is -0.00000103. The molecule has 0 fully saturated rings. The molecule has 4 N–H and O–H groups in total. The Kier molecular flexibility index (Phi) is 28.8. The van der Waals surface area contributed by atoms with Crippen LogP contribution in [0.15, 0.2) is 54.6 Å². The molecule has 1 unspecified atom stereocenters. The Morgan fingerprint density at radius 3 is 2.05 bits per heavy atom. The van der Waals surface area contributed by atoms with Crippen molar-refractivity contribution in [2.45, 2.75) is 60.4 Å². The van der Waals surface area contributed by atoms with Crippen LogP contribution < -0.4 is 21.1 Å². The molecule has 2 aromatic rings. The van der Waals surface area contributed by atoms with Crippen LogP contribution in [0.1, 0.15) is 58.1 Å². The lowest BCUT2D eigenvalue weighted by molar-refractivity contribution is -0.128. The lowest BCUT2D eigenvalue weighted by Crippen LogP contribution is -2.38. The number of methoxy groups -OCH3 is 1. The molecular formula is C34H53N3O5S. The van der Waals surface area contributed by atoms with Crippen LogP contribution in [0.25, 0.3) is 0 Å². The predicted molar refractivity (Wildman–Crippen MR) is 180 cm³/mol. The second-order valence-electron chi connectivity index (χ2n) is 9.49. The maximum absolute atomic E-state index is 12.4. The van der Waals surface area contributed by atoms with Gasteiger partial charge in [0.25, 0.3) is 0 Å². The Bertz CT molecular complexity index is 1120. The van der Waals surface area contributed by atoms with Crippen molar-refractivity contribution >= 4 is 21.7 Å². The number of amides is 2. The summed E-state index contributed by atoms with van der Waals surface area (Å²) in [6, 6.07) is 18.0. The van der Waals surface area contributed by atoms with E-state index in [9.17, 15) is 18.0 Å². The number of nitrogens with two attached hydrogens (primary N) is 1. The van der Waals surface area contributed by atoms with Gasteiger partial charge >= 0.3 is 0 Å². The fraction of sp³-hybridized carbons (Fsp3) is 0.471. The highest BCUT2D eigenvalue weighted by Gasteiger charge is 2.27. The summed E-state index contributed by atoms with van der Waals surface area (Å²) in [4.78, 5) is 23.7. The van der Waals surface area contributed by atoms with Gasteiger partial charge in [0.05, 0.1) is 24.5 Å². The number of nitrogens with one attached hydrogen (secondary N) is 2. The third-order valence-corrected chi connectivity index (χ3v) is 7.28. The summed E-state index contributed by atoms with van der Waals surface area (Å²) in [7, 11) is -1.81. The first-order valence-corrected chi connectivity index (χ1v) is 16.1. The molecule has 2 aromatic carbocycles. The quantitative estimate of drug-likeness (QED) is 0.196. The maximum Gasteiger partial charge on any atom is 0.224 e. The van der Waals surface area contributed by atoms with Crippen molar-refractivity contribution in [2.24, 2.45) is 17.6 Å². The summed E-state index contributed by atoms with van der Waals surface area (Å²) in [6.45, 7) is 11.7. The largest absolute Gasteiger partial charge is 0.497 e. The maximum atomic E-state index is 12.4. The van der Waals surface area contributed by atoms with Crippen molar-refractivity contribution in [1.29, 1.82) is 0 Å². The molecule has 0 aliphatic carbocycles. The van der Waals surface area contributed by atoms with Gasteiger partial charge in [0.15, 0.2) is 9.84 Å². The fourth-order valence-electron chi connectivity index (χ4n) is 3.39. The minimum atomic E-state index is -3.43. The van der Waals surface area contributed by atoms with Crippen molar-refractivity contribution in [3.63, 3.8) is 0 Å². The van der Waals surface area contributed by atoms with Gasteiger partial charge in [-0.15, -0.1) is 25.7 Å². The van der Waals surface area contributed by atoms with Crippen LogP contribution in [0.4, 0.5) is 0 Å². The molecule has 2 rings (SSSR count). The lowest BCUT2D eigenvalue weighted by atomic mass is 10.1. The van der Waals surface area contributed by atoms with Crippen LogP contribution in [0.2, 0.25) is 0 Å². The van der Waals surface area contributed by atoms with Crippen molar-refractivity contribution in [2.75, 3.05) is 31.7 Å². The average Bonchev–Trinajstić information content (AvgIpc) is 3.01. The summed E-state index contributed by atoms with van der Waals surface area (Å²) in [5.41, 5.74) is 7.62. The molecule has 1 atom stereocenters. The second kappa shape index (κ2) is 28.3. The zero-order chi connectivity index (χ0) is 33.7. The Morgan fingerprint density at radius 2 is 1.56 bits per heavy atom. The Morgan fingerprint density at radius 1 is 0.953 bits per heavy atom. The normalized spacial score (nSPS) is 10.4. The predicted octanol–water partition coefficient (Wildman–Crippen LogP) is 4.76. The highest BCUT2D eigenvalue weighted by atomic mass is 32.2. The monoisotopic (exact) mass is 615 g/mol.